The van der Waals surface area contributed by atoms with E-state index < -0.39 is 49.4 Å². The number of benzene rings is 2. The highest BCUT2D eigenvalue weighted by Gasteiger charge is 2.60. The number of amides is 2. The van der Waals surface area contributed by atoms with Gasteiger partial charge in [0.1, 0.15) is 0 Å². The van der Waals surface area contributed by atoms with Gasteiger partial charge in [0.05, 0.1) is 22.5 Å². The Morgan fingerprint density at radius 2 is 1.50 bits per heavy atom. The highest BCUT2D eigenvalue weighted by Crippen LogP contribution is 2.56. The Labute approximate surface area is 303 Å². The third-order valence-corrected chi connectivity index (χ3v) is 12.3. The molecule has 2 aromatic carbocycles. The van der Waals surface area contributed by atoms with E-state index in [0.717, 1.165) is 55.0 Å². The fourth-order valence-electron chi connectivity index (χ4n) is 6.90. The number of imide groups is 1. The van der Waals surface area contributed by atoms with Crippen LogP contribution in [0.3, 0.4) is 0 Å². The molecule has 0 saturated carbocycles. The second kappa shape index (κ2) is 19.6. The molecule has 3 atom stereocenters. The third-order valence-electron chi connectivity index (χ3n) is 9.41. The van der Waals surface area contributed by atoms with Crippen molar-refractivity contribution in [3.8, 4) is 0 Å². The van der Waals surface area contributed by atoms with Crippen molar-refractivity contribution in [3.05, 3.63) is 83.9 Å². The van der Waals surface area contributed by atoms with E-state index in [2.05, 4.69) is 11.6 Å². The minimum absolute atomic E-state index is 0.0716. The summed E-state index contributed by atoms with van der Waals surface area (Å²) >= 11 is 1.06. The van der Waals surface area contributed by atoms with Crippen LogP contribution in [0.1, 0.15) is 109 Å². The Hall–Kier alpha value is -2.99. The number of sulfonamides is 1. The minimum atomic E-state index is -3.30. The quantitative estimate of drug-likeness (QED) is 0.0822. The lowest BCUT2D eigenvalue weighted by Crippen LogP contribution is -2.56. The number of nitrogens with zero attached hydrogens (tertiary/aromatic N) is 1. The summed E-state index contributed by atoms with van der Waals surface area (Å²) in [4.78, 5) is 42.5. The summed E-state index contributed by atoms with van der Waals surface area (Å²) in [5.41, 5.74) is -0.719. The summed E-state index contributed by atoms with van der Waals surface area (Å²) in [5, 5.41) is 21.4. The summed E-state index contributed by atoms with van der Waals surface area (Å²) in [6.07, 6.45) is 10.5. The fraction of sp³-hybridized carbons (Fsp3) is 0.564. The monoisotopic (exact) mass is 728 g/mol. The van der Waals surface area contributed by atoms with E-state index in [9.17, 15) is 33.0 Å². The maximum atomic E-state index is 14.6. The minimum Gasteiger partial charge on any atom is -0.479 e. The molecule has 3 N–H and O–H groups in total. The molecule has 1 aliphatic rings. The van der Waals surface area contributed by atoms with Crippen LogP contribution in [0.15, 0.2) is 72.8 Å². The first kappa shape index (κ1) is 41.4. The molecule has 1 fully saturated rings. The molecule has 2 aromatic rings. The van der Waals surface area contributed by atoms with Crippen LogP contribution in [-0.2, 0) is 24.4 Å². The molecule has 0 bridgehead atoms. The van der Waals surface area contributed by atoms with Gasteiger partial charge in [-0.25, -0.2) is 17.9 Å². The van der Waals surface area contributed by atoms with E-state index in [-0.39, 0.29) is 18.1 Å². The molecule has 1 saturated heterocycles. The van der Waals surface area contributed by atoms with E-state index in [1.807, 2.05) is 74.5 Å². The predicted octanol–water partition coefficient (Wildman–Crippen LogP) is 7.89. The fourth-order valence-corrected chi connectivity index (χ4v) is 9.67. The molecule has 1 aliphatic heterocycles. The standard InChI is InChI=1S/C39H56N2O7S2/c1-5-7-8-20-28-40-50(47,48)29-21-12-10-9-11-19-26-33(38(46,27-6-2)36(43)44)35(42)41-34(30(3)4)39(49-37(41)45,31-22-15-13-16-23-31)32-24-17-14-18-25-32/h13-19,22-26,30,33-34,40,46H,5-12,20-21,27-29H2,1-4H3,(H,43,44)/b26-19+/t33-,34+,38+/m1/s1. The van der Waals surface area contributed by atoms with E-state index >= 15 is 0 Å². The van der Waals surface area contributed by atoms with Gasteiger partial charge in [0, 0.05) is 6.54 Å². The van der Waals surface area contributed by atoms with E-state index in [1.165, 1.54) is 11.0 Å². The van der Waals surface area contributed by atoms with Gasteiger partial charge < -0.3 is 10.2 Å². The van der Waals surface area contributed by atoms with E-state index in [1.54, 1.807) is 13.0 Å². The molecular weight excluding hydrogens is 673 g/mol. The van der Waals surface area contributed by atoms with Crippen LogP contribution in [0.4, 0.5) is 4.79 Å². The maximum absolute atomic E-state index is 14.6. The Morgan fingerprint density at radius 3 is 2.04 bits per heavy atom. The van der Waals surface area contributed by atoms with Gasteiger partial charge >= 0.3 is 5.97 Å². The number of rotatable bonds is 22. The number of aliphatic hydroxyl groups is 1. The first-order valence-electron chi connectivity index (χ1n) is 18.1. The zero-order valence-corrected chi connectivity index (χ0v) is 31.7. The highest BCUT2D eigenvalue weighted by molar-refractivity contribution is 8.15. The summed E-state index contributed by atoms with van der Waals surface area (Å²) in [5.74, 6) is -3.90. The Bertz CT molecular complexity index is 1480. The first-order chi connectivity index (χ1) is 23.9. The first-order valence-corrected chi connectivity index (χ1v) is 20.6. The van der Waals surface area contributed by atoms with Crippen LogP contribution in [0, 0.1) is 11.8 Å². The number of thioether (sulfide) groups is 1. The van der Waals surface area contributed by atoms with Crippen LogP contribution >= 0.6 is 11.8 Å². The number of carboxylic acids is 1. The molecule has 50 heavy (non-hydrogen) atoms. The summed E-state index contributed by atoms with van der Waals surface area (Å²) in [7, 11) is -3.30. The topological polar surface area (TPSA) is 141 Å². The van der Waals surface area contributed by atoms with Gasteiger partial charge in [-0.3, -0.25) is 14.5 Å². The Balaban J connectivity index is 1.81. The van der Waals surface area contributed by atoms with Crippen LogP contribution in [0.2, 0.25) is 0 Å². The largest absolute Gasteiger partial charge is 0.479 e. The van der Waals surface area contributed by atoms with Gasteiger partial charge in [0.2, 0.25) is 15.9 Å². The van der Waals surface area contributed by atoms with Crippen molar-refractivity contribution in [2.24, 2.45) is 11.8 Å². The smallest absolute Gasteiger partial charge is 0.336 e. The lowest BCUT2D eigenvalue weighted by molar-refractivity contribution is -0.169. The number of aliphatic carboxylic acids is 1. The van der Waals surface area contributed by atoms with Crippen molar-refractivity contribution in [2.45, 2.75) is 115 Å². The molecule has 0 radical (unpaired) electrons. The van der Waals surface area contributed by atoms with Crippen LogP contribution < -0.4 is 4.72 Å². The number of hydrogen-bond acceptors (Lipinski definition) is 7. The van der Waals surface area contributed by atoms with Crippen LogP contribution in [0.5, 0.6) is 0 Å². The second-order valence-corrected chi connectivity index (χ2v) is 16.7. The Kier molecular flexibility index (Phi) is 16.2. The lowest BCUT2D eigenvalue weighted by atomic mass is 9.77. The number of carbonyl (C=O) groups is 3. The number of nitrogens with one attached hydrogen (secondary N) is 1. The van der Waals surface area contributed by atoms with Crippen molar-refractivity contribution in [3.63, 3.8) is 0 Å². The highest BCUT2D eigenvalue weighted by atomic mass is 32.2. The van der Waals surface area contributed by atoms with Crippen molar-refractivity contribution in [2.75, 3.05) is 12.3 Å². The molecule has 0 aliphatic carbocycles. The molecule has 0 aromatic heterocycles. The van der Waals surface area contributed by atoms with Gasteiger partial charge in [-0.15, -0.1) is 0 Å². The molecule has 2 amide bonds. The number of hydrogen-bond donors (Lipinski definition) is 3. The van der Waals surface area contributed by atoms with Crippen molar-refractivity contribution in [1.82, 2.24) is 9.62 Å². The Morgan fingerprint density at radius 1 is 0.920 bits per heavy atom. The van der Waals surface area contributed by atoms with Gasteiger partial charge in [-0.05, 0) is 60.9 Å². The number of unbranched alkanes of at least 4 members (excludes halogenated alkanes) is 7. The summed E-state index contributed by atoms with van der Waals surface area (Å²) in [6, 6.07) is 18.5. The third kappa shape index (κ3) is 10.3. The second-order valence-electron chi connectivity index (χ2n) is 13.6. The van der Waals surface area contributed by atoms with Crippen LogP contribution in [0.25, 0.3) is 0 Å². The normalized spacial score (nSPS) is 18.1. The predicted molar refractivity (Wildman–Crippen MR) is 201 cm³/mol. The molecule has 9 nitrogen and oxygen atoms in total. The van der Waals surface area contributed by atoms with Gasteiger partial charge in [0.15, 0.2) is 5.60 Å². The van der Waals surface area contributed by atoms with Crippen LogP contribution in [-0.4, -0.2) is 64.6 Å². The summed E-state index contributed by atoms with van der Waals surface area (Å²) in [6.45, 7) is 8.21. The summed E-state index contributed by atoms with van der Waals surface area (Å²) < 4.78 is 26.3. The lowest BCUT2D eigenvalue weighted by Gasteiger charge is -2.41. The van der Waals surface area contributed by atoms with Gasteiger partial charge in [-0.2, -0.15) is 0 Å². The maximum Gasteiger partial charge on any atom is 0.336 e. The molecule has 0 spiro atoms. The SMILES string of the molecule is CCCCCCNS(=O)(=O)CCCCCC/C=C/[C@H](C(=O)N1C(=O)SC(c2ccccc2)(c2ccccc2)[C@@H]1C(C)C)[C@@](O)(CCC)C(=O)O. The van der Waals surface area contributed by atoms with E-state index in [4.69, 9.17) is 0 Å². The average Bonchev–Trinajstić information content (AvgIpc) is 3.42. The van der Waals surface area contributed by atoms with Gasteiger partial charge in [-0.1, -0.05) is 139 Å². The van der Waals surface area contributed by atoms with E-state index in [0.29, 0.717) is 38.6 Å². The van der Waals surface area contributed by atoms with Gasteiger partial charge in [0.25, 0.3) is 5.24 Å². The molecular formula is C39H56N2O7S2. The van der Waals surface area contributed by atoms with Crippen molar-refractivity contribution < 1.29 is 33.0 Å². The number of carbonyl (C=O) groups excluding carboxylic acids is 2. The molecule has 3 rings (SSSR count). The zero-order valence-electron chi connectivity index (χ0n) is 30.1. The zero-order chi connectivity index (χ0) is 36.8. The number of carboxylic acid groups (broad SMARTS) is 1. The molecule has 11 heteroatoms. The molecule has 0 unspecified atom stereocenters. The number of allylic oxidation sites excluding steroid dienone is 1. The van der Waals surface area contributed by atoms with Crippen molar-refractivity contribution in [1.29, 1.82) is 0 Å². The molecule has 276 valence electrons. The average molecular weight is 729 g/mol. The molecule has 1 heterocycles. The van der Waals surface area contributed by atoms with Crippen molar-refractivity contribution >= 4 is 38.9 Å².